The van der Waals surface area contributed by atoms with Gasteiger partial charge in [0.15, 0.2) is 0 Å². The van der Waals surface area contributed by atoms with Gasteiger partial charge >= 0.3 is 6.09 Å². The molecule has 0 heterocycles. The maximum Gasteiger partial charge on any atom is 0.412 e. The van der Waals surface area contributed by atoms with E-state index in [0.717, 1.165) is 12.1 Å². The Balaban J connectivity index is 1.80. The number of ether oxygens (including phenoxy) is 1. The van der Waals surface area contributed by atoms with E-state index in [9.17, 15) is 9.59 Å². The van der Waals surface area contributed by atoms with E-state index in [4.69, 9.17) is 10.5 Å². The van der Waals surface area contributed by atoms with Gasteiger partial charge in [-0.15, -0.1) is 0 Å². The molecule has 0 aliphatic heterocycles. The van der Waals surface area contributed by atoms with Crippen LogP contribution in [-0.2, 0) is 11.2 Å². The average Bonchev–Trinajstić information content (AvgIpc) is 2.63. The zero-order chi connectivity index (χ0) is 19.6. The van der Waals surface area contributed by atoms with Gasteiger partial charge in [-0.05, 0) is 50.3 Å². The van der Waals surface area contributed by atoms with Crippen LogP contribution in [0.15, 0.2) is 54.6 Å². The van der Waals surface area contributed by atoms with Crippen molar-refractivity contribution in [3.05, 3.63) is 60.2 Å². The second-order valence-corrected chi connectivity index (χ2v) is 6.43. The first kappa shape index (κ1) is 20.4. The van der Waals surface area contributed by atoms with Gasteiger partial charge in [0.1, 0.15) is 5.75 Å². The molecule has 2 amide bonds. The molecule has 0 fully saturated rings. The zero-order valence-corrected chi connectivity index (χ0v) is 15.6. The second kappa shape index (κ2) is 10.3. The minimum absolute atomic E-state index is 0.269. The minimum Gasteiger partial charge on any atom is -0.410 e. The Morgan fingerprint density at radius 2 is 1.74 bits per heavy atom. The van der Waals surface area contributed by atoms with Gasteiger partial charge in [0.25, 0.3) is 0 Å². The summed E-state index contributed by atoms with van der Waals surface area (Å²) in [5.41, 5.74) is 7.56. The number of hydrogen-bond donors (Lipinski definition) is 3. The highest BCUT2D eigenvalue weighted by Gasteiger charge is 2.14. The summed E-state index contributed by atoms with van der Waals surface area (Å²) in [6.45, 7) is 1.22. The van der Waals surface area contributed by atoms with E-state index in [1.54, 1.807) is 24.3 Å². The Morgan fingerprint density at radius 1 is 1.07 bits per heavy atom. The van der Waals surface area contributed by atoms with Crippen LogP contribution < -0.4 is 21.1 Å². The molecule has 2 aromatic carbocycles. The van der Waals surface area contributed by atoms with Gasteiger partial charge in [-0.25, -0.2) is 4.79 Å². The summed E-state index contributed by atoms with van der Waals surface area (Å²) >= 11 is 0. The van der Waals surface area contributed by atoms with E-state index in [2.05, 4.69) is 10.6 Å². The number of nitrogens with two attached hydrogens (primary N) is 1. The minimum atomic E-state index is -0.647. The molecule has 2 rings (SSSR count). The van der Waals surface area contributed by atoms with Crippen molar-refractivity contribution in [2.45, 2.75) is 12.5 Å². The highest BCUT2D eigenvalue weighted by Crippen LogP contribution is 2.16. The van der Waals surface area contributed by atoms with Gasteiger partial charge in [0, 0.05) is 18.8 Å². The lowest BCUT2D eigenvalue weighted by Gasteiger charge is -2.13. The van der Waals surface area contributed by atoms with Gasteiger partial charge < -0.3 is 26.0 Å². The number of amides is 2. The fourth-order valence-electron chi connectivity index (χ4n) is 2.33. The molecule has 0 spiro atoms. The van der Waals surface area contributed by atoms with Crippen molar-refractivity contribution < 1.29 is 14.3 Å². The number of rotatable bonds is 8. The van der Waals surface area contributed by atoms with Crippen molar-refractivity contribution in [2.24, 2.45) is 5.73 Å². The van der Waals surface area contributed by atoms with Crippen molar-refractivity contribution in [3.8, 4) is 5.75 Å². The summed E-state index contributed by atoms with van der Waals surface area (Å²) in [6, 6.07) is 15.5. The van der Waals surface area contributed by atoms with Crippen LogP contribution in [0, 0.1) is 0 Å². The summed E-state index contributed by atoms with van der Waals surface area (Å²) < 4.78 is 5.18. The molecule has 0 radical (unpaired) electrons. The Labute approximate surface area is 159 Å². The van der Waals surface area contributed by atoms with E-state index in [1.807, 2.05) is 49.3 Å². The van der Waals surface area contributed by atoms with E-state index in [1.165, 1.54) is 0 Å². The molecular weight excluding hydrogens is 344 g/mol. The molecule has 144 valence electrons. The fourth-order valence-corrected chi connectivity index (χ4v) is 2.33. The number of anilines is 1. The molecule has 0 aliphatic carbocycles. The molecule has 4 N–H and O–H groups in total. The summed E-state index contributed by atoms with van der Waals surface area (Å²) in [4.78, 5) is 25.9. The number of likely N-dealkylation sites (N-methyl/N-ethyl adjacent to an activating group) is 1. The van der Waals surface area contributed by atoms with E-state index < -0.39 is 12.1 Å². The maximum atomic E-state index is 12.2. The summed E-state index contributed by atoms with van der Waals surface area (Å²) in [7, 11) is 3.84. The predicted octanol–water partition coefficient (Wildman–Crippen LogP) is 1.85. The molecule has 0 aromatic heterocycles. The third-order valence-corrected chi connectivity index (χ3v) is 3.80. The largest absolute Gasteiger partial charge is 0.412 e. The maximum absolute atomic E-state index is 12.2. The van der Waals surface area contributed by atoms with Crippen molar-refractivity contribution in [1.82, 2.24) is 10.2 Å². The number of carbonyl (C=O) groups excluding carboxylic acids is 2. The first-order valence-electron chi connectivity index (χ1n) is 8.75. The van der Waals surface area contributed by atoms with Gasteiger partial charge in [-0.2, -0.15) is 0 Å². The molecule has 2 aromatic rings. The molecule has 0 bridgehead atoms. The predicted molar refractivity (Wildman–Crippen MR) is 106 cm³/mol. The topological polar surface area (TPSA) is 96.7 Å². The number of benzene rings is 2. The monoisotopic (exact) mass is 370 g/mol. The molecule has 0 unspecified atom stereocenters. The molecule has 1 atom stereocenters. The fraction of sp³-hybridized carbons (Fsp3) is 0.300. The van der Waals surface area contributed by atoms with Crippen LogP contribution >= 0.6 is 0 Å². The Morgan fingerprint density at radius 3 is 2.37 bits per heavy atom. The van der Waals surface area contributed by atoms with Gasteiger partial charge in [-0.1, -0.05) is 30.3 Å². The Hall–Kier alpha value is -2.90. The number of hydrogen-bond acceptors (Lipinski definition) is 5. The number of carbonyl (C=O) groups is 2. The lowest BCUT2D eigenvalue weighted by Crippen LogP contribution is -2.37. The van der Waals surface area contributed by atoms with Gasteiger partial charge in [0.05, 0.1) is 6.04 Å². The van der Waals surface area contributed by atoms with Crippen LogP contribution in [0.5, 0.6) is 5.75 Å². The molecule has 7 nitrogen and oxygen atoms in total. The van der Waals surface area contributed by atoms with E-state index in [-0.39, 0.29) is 5.91 Å². The average molecular weight is 370 g/mol. The first-order chi connectivity index (χ1) is 12.9. The van der Waals surface area contributed by atoms with Crippen molar-refractivity contribution in [3.63, 3.8) is 0 Å². The molecule has 27 heavy (non-hydrogen) atoms. The quantitative estimate of drug-likeness (QED) is 0.659. The lowest BCUT2D eigenvalue weighted by molar-refractivity contribution is -0.117. The Bertz CT molecular complexity index is 733. The first-order valence-corrected chi connectivity index (χ1v) is 8.75. The van der Waals surface area contributed by atoms with E-state index >= 15 is 0 Å². The lowest BCUT2D eigenvalue weighted by atomic mass is 10.1. The van der Waals surface area contributed by atoms with Crippen molar-refractivity contribution in [1.29, 1.82) is 0 Å². The van der Waals surface area contributed by atoms with Gasteiger partial charge in [0.2, 0.25) is 5.91 Å². The normalized spacial score (nSPS) is 11.7. The highest BCUT2D eigenvalue weighted by molar-refractivity contribution is 5.94. The van der Waals surface area contributed by atoms with E-state index in [0.29, 0.717) is 24.4 Å². The summed E-state index contributed by atoms with van der Waals surface area (Å²) in [5, 5.41) is 5.42. The Kier molecular flexibility index (Phi) is 7.79. The number of nitrogens with zero attached hydrogens (tertiary/aromatic N) is 1. The second-order valence-electron chi connectivity index (χ2n) is 6.43. The highest BCUT2D eigenvalue weighted by atomic mass is 16.6. The molecule has 0 aliphatic rings. The van der Waals surface area contributed by atoms with Crippen LogP contribution in [0.2, 0.25) is 0 Å². The third-order valence-electron chi connectivity index (χ3n) is 3.80. The van der Waals surface area contributed by atoms with Crippen LogP contribution in [0.4, 0.5) is 10.5 Å². The molecule has 7 heteroatoms. The van der Waals surface area contributed by atoms with Crippen LogP contribution in [-0.4, -0.2) is 50.1 Å². The van der Waals surface area contributed by atoms with Crippen molar-refractivity contribution in [2.75, 3.05) is 32.5 Å². The smallest absolute Gasteiger partial charge is 0.410 e. The molecular formula is C20H26N4O3. The van der Waals surface area contributed by atoms with Crippen LogP contribution in [0.1, 0.15) is 5.56 Å². The number of nitrogens with one attached hydrogen (secondary N) is 2. The van der Waals surface area contributed by atoms with Gasteiger partial charge in [-0.3, -0.25) is 4.79 Å². The third kappa shape index (κ3) is 7.47. The standard InChI is InChI=1S/C20H26N4O3/c1-24(2)13-12-22-20(26)27-17-10-8-16(9-11-17)23-19(25)18(21)14-15-6-4-3-5-7-15/h3-11,18H,12-14,21H2,1-2H3,(H,22,26)(H,23,25)/t18-/m0/s1. The summed E-state index contributed by atoms with van der Waals surface area (Å²) in [5.74, 6) is 0.123. The van der Waals surface area contributed by atoms with Crippen molar-refractivity contribution >= 4 is 17.7 Å². The van der Waals surface area contributed by atoms with Crippen LogP contribution in [0.25, 0.3) is 0 Å². The zero-order valence-electron chi connectivity index (χ0n) is 15.6. The summed E-state index contributed by atoms with van der Waals surface area (Å²) in [6.07, 6.45) is -0.0559. The molecule has 0 saturated heterocycles. The molecule has 0 saturated carbocycles. The van der Waals surface area contributed by atoms with Crippen LogP contribution in [0.3, 0.4) is 0 Å². The SMILES string of the molecule is CN(C)CCNC(=O)Oc1ccc(NC(=O)[C@@H](N)Cc2ccccc2)cc1.